The van der Waals surface area contributed by atoms with Gasteiger partial charge in [0.15, 0.2) is 0 Å². The van der Waals surface area contributed by atoms with Crippen LogP contribution in [-0.4, -0.2) is 61.8 Å². The highest BCUT2D eigenvalue weighted by Gasteiger charge is 2.34. The molecule has 0 bridgehead atoms. The summed E-state index contributed by atoms with van der Waals surface area (Å²) in [6.45, 7) is 6.64. The summed E-state index contributed by atoms with van der Waals surface area (Å²) in [5.74, 6) is 0.157. The lowest BCUT2D eigenvalue weighted by molar-refractivity contribution is -0.117. The van der Waals surface area contributed by atoms with Crippen molar-refractivity contribution in [2.45, 2.75) is 44.9 Å². The fraction of sp³-hybridized carbons (Fsp3) is 0.579. The Labute approximate surface area is 154 Å². The molecular formula is C19H28N4O3. The van der Waals surface area contributed by atoms with Crippen molar-refractivity contribution in [1.29, 1.82) is 0 Å². The summed E-state index contributed by atoms with van der Waals surface area (Å²) in [5, 5.41) is 5.87. The second-order valence-electron chi connectivity index (χ2n) is 7.22. The maximum atomic E-state index is 12.3. The molecule has 0 radical (unpaired) electrons. The summed E-state index contributed by atoms with van der Waals surface area (Å²) in [6, 6.07) is 7.52. The second-order valence-corrected chi connectivity index (χ2v) is 7.22. The maximum Gasteiger partial charge on any atom is 0.319 e. The smallest absolute Gasteiger partial charge is 0.319 e. The molecule has 7 nitrogen and oxygen atoms in total. The molecule has 3 rings (SSSR count). The molecule has 2 saturated heterocycles. The maximum absolute atomic E-state index is 12.3. The number of urea groups is 1. The first-order valence-electron chi connectivity index (χ1n) is 9.22. The summed E-state index contributed by atoms with van der Waals surface area (Å²) < 4.78 is 5.52. The normalized spacial score (nSPS) is 23.7. The molecule has 2 atom stereocenters. The summed E-state index contributed by atoms with van der Waals surface area (Å²) in [5.41, 5.74) is 1.58. The molecule has 0 spiro atoms. The minimum Gasteiger partial charge on any atom is -0.378 e. The van der Waals surface area contributed by atoms with Crippen LogP contribution < -0.4 is 15.5 Å². The van der Waals surface area contributed by atoms with Crippen LogP contribution in [0.25, 0.3) is 0 Å². The Balaban J connectivity index is 1.55. The monoisotopic (exact) mass is 360 g/mol. The third kappa shape index (κ3) is 4.16. The van der Waals surface area contributed by atoms with E-state index >= 15 is 0 Å². The van der Waals surface area contributed by atoms with Crippen LogP contribution in [-0.2, 0) is 9.53 Å². The van der Waals surface area contributed by atoms with Crippen molar-refractivity contribution in [3.05, 3.63) is 24.3 Å². The number of carbonyl (C=O) groups excluding carboxylic acids is 2. The molecule has 0 saturated carbocycles. The van der Waals surface area contributed by atoms with Crippen molar-refractivity contribution >= 4 is 23.3 Å². The molecule has 2 N–H and O–H groups in total. The average molecular weight is 360 g/mol. The first kappa shape index (κ1) is 18.7. The number of amides is 3. The molecule has 26 heavy (non-hydrogen) atoms. The minimum atomic E-state index is -0.243. The van der Waals surface area contributed by atoms with E-state index in [1.54, 1.807) is 12.0 Å². The summed E-state index contributed by atoms with van der Waals surface area (Å²) in [4.78, 5) is 28.2. The highest BCUT2D eigenvalue weighted by molar-refractivity contribution is 5.96. The number of nitrogens with zero attached hydrogens (tertiary/aromatic N) is 2. The predicted molar refractivity (Wildman–Crippen MR) is 101 cm³/mol. The molecule has 2 fully saturated rings. The molecule has 7 heteroatoms. The van der Waals surface area contributed by atoms with Gasteiger partial charge >= 0.3 is 6.03 Å². The average Bonchev–Trinajstić information content (AvgIpc) is 3.21. The topological polar surface area (TPSA) is 73.9 Å². The van der Waals surface area contributed by atoms with E-state index in [0.717, 1.165) is 31.7 Å². The van der Waals surface area contributed by atoms with Crippen LogP contribution in [0.15, 0.2) is 24.3 Å². The van der Waals surface area contributed by atoms with E-state index in [2.05, 4.69) is 29.4 Å². The first-order valence-corrected chi connectivity index (χ1v) is 9.22. The van der Waals surface area contributed by atoms with Gasteiger partial charge in [-0.05, 0) is 44.5 Å². The molecule has 0 aliphatic carbocycles. The highest BCUT2D eigenvalue weighted by atomic mass is 16.5. The van der Waals surface area contributed by atoms with Gasteiger partial charge in [0.2, 0.25) is 5.91 Å². The van der Waals surface area contributed by atoms with Crippen LogP contribution in [0, 0.1) is 0 Å². The number of anilines is 2. The quantitative estimate of drug-likeness (QED) is 0.843. The van der Waals surface area contributed by atoms with Gasteiger partial charge in [-0.2, -0.15) is 0 Å². The molecule has 3 amide bonds. The molecule has 142 valence electrons. The van der Waals surface area contributed by atoms with Crippen LogP contribution in [0.4, 0.5) is 16.2 Å². The molecule has 1 aromatic rings. The number of carbonyl (C=O) groups is 2. The van der Waals surface area contributed by atoms with Gasteiger partial charge in [0.25, 0.3) is 0 Å². The van der Waals surface area contributed by atoms with Gasteiger partial charge < -0.3 is 20.3 Å². The van der Waals surface area contributed by atoms with E-state index in [-0.39, 0.29) is 24.1 Å². The SMILES string of the molecule is CO[C@H]1CN(C(C)C)C[C@@H]1NC(=O)Nc1ccc(N2CCCC2=O)cc1. The second kappa shape index (κ2) is 8.05. The van der Waals surface area contributed by atoms with Crippen LogP contribution in [0.3, 0.4) is 0 Å². The minimum absolute atomic E-state index is 0.00768. The lowest BCUT2D eigenvalue weighted by atomic mass is 10.2. The first-order chi connectivity index (χ1) is 12.5. The fourth-order valence-electron chi connectivity index (χ4n) is 3.58. The lowest BCUT2D eigenvalue weighted by Gasteiger charge is -2.20. The Morgan fingerprint density at radius 3 is 2.54 bits per heavy atom. The van der Waals surface area contributed by atoms with E-state index in [1.807, 2.05) is 24.3 Å². The predicted octanol–water partition coefficient (Wildman–Crippen LogP) is 2.04. The van der Waals surface area contributed by atoms with Gasteiger partial charge in [0.05, 0.1) is 12.1 Å². The summed E-state index contributed by atoms with van der Waals surface area (Å²) in [7, 11) is 1.68. The third-order valence-corrected chi connectivity index (χ3v) is 5.15. The fourth-order valence-corrected chi connectivity index (χ4v) is 3.58. The van der Waals surface area contributed by atoms with Crippen molar-refractivity contribution in [3.63, 3.8) is 0 Å². The Kier molecular flexibility index (Phi) is 5.78. The van der Waals surface area contributed by atoms with Crippen molar-refractivity contribution in [1.82, 2.24) is 10.2 Å². The van der Waals surface area contributed by atoms with Crippen LogP contribution in [0.1, 0.15) is 26.7 Å². The lowest BCUT2D eigenvalue weighted by Crippen LogP contribution is -2.45. The molecule has 0 aromatic heterocycles. The van der Waals surface area contributed by atoms with Crippen molar-refractivity contribution in [2.24, 2.45) is 0 Å². The van der Waals surface area contributed by atoms with Gasteiger partial charge in [0, 0.05) is 50.6 Å². The zero-order chi connectivity index (χ0) is 18.7. The van der Waals surface area contributed by atoms with Gasteiger partial charge in [-0.1, -0.05) is 0 Å². The Morgan fingerprint density at radius 1 is 1.23 bits per heavy atom. The zero-order valence-corrected chi connectivity index (χ0v) is 15.7. The number of nitrogens with one attached hydrogen (secondary N) is 2. The summed E-state index contributed by atoms with van der Waals surface area (Å²) >= 11 is 0. The Bertz CT molecular complexity index is 647. The number of likely N-dealkylation sites (tertiary alicyclic amines) is 1. The number of methoxy groups -OCH3 is 1. The zero-order valence-electron chi connectivity index (χ0n) is 15.7. The number of ether oxygens (including phenoxy) is 1. The standard InChI is InChI=1S/C19H28N4O3/c1-13(2)22-11-16(17(12-22)26-3)21-19(25)20-14-6-8-15(9-7-14)23-10-4-5-18(23)24/h6-9,13,16-17H,4-5,10-12H2,1-3H3,(H2,20,21,25)/t16-,17-/m0/s1. The molecule has 0 unspecified atom stereocenters. The molecule has 2 aliphatic rings. The van der Waals surface area contributed by atoms with Crippen molar-refractivity contribution in [3.8, 4) is 0 Å². The van der Waals surface area contributed by atoms with E-state index < -0.39 is 0 Å². The van der Waals surface area contributed by atoms with Gasteiger partial charge in [-0.3, -0.25) is 9.69 Å². The molecule has 1 aromatic carbocycles. The number of hydrogen-bond donors (Lipinski definition) is 2. The van der Waals surface area contributed by atoms with Gasteiger partial charge in [-0.25, -0.2) is 4.79 Å². The number of hydrogen-bond acceptors (Lipinski definition) is 4. The van der Waals surface area contributed by atoms with E-state index in [1.165, 1.54) is 0 Å². The molecule has 2 aliphatic heterocycles. The third-order valence-electron chi connectivity index (χ3n) is 5.15. The largest absolute Gasteiger partial charge is 0.378 e. The Hall–Kier alpha value is -2.12. The van der Waals surface area contributed by atoms with E-state index in [4.69, 9.17) is 4.74 Å². The van der Waals surface area contributed by atoms with E-state index in [0.29, 0.717) is 18.2 Å². The van der Waals surface area contributed by atoms with Crippen molar-refractivity contribution in [2.75, 3.05) is 37.0 Å². The summed E-state index contributed by atoms with van der Waals surface area (Å²) in [6.07, 6.45) is 1.50. The van der Waals surface area contributed by atoms with E-state index in [9.17, 15) is 9.59 Å². The molecular weight excluding hydrogens is 332 g/mol. The van der Waals surface area contributed by atoms with Gasteiger partial charge in [0.1, 0.15) is 0 Å². The molecule has 2 heterocycles. The Morgan fingerprint density at radius 2 is 1.96 bits per heavy atom. The van der Waals surface area contributed by atoms with Crippen molar-refractivity contribution < 1.29 is 14.3 Å². The highest BCUT2D eigenvalue weighted by Crippen LogP contribution is 2.23. The van der Waals surface area contributed by atoms with Gasteiger partial charge in [-0.15, -0.1) is 0 Å². The van der Waals surface area contributed by atoms with Crippen LogP contribution >= 0.6 is 0 Å². The van der Waals surface area contributed by atoms with Crippen LogP contribution in [0.2, 0.25) is 0 Å². The number of rotatable bonds is 5. The number of benzene rings is 1. The van der Waals surface area contributed by atoms with Crippen LogP contribution in [0.5, 0.6) is 0 Å².